The monoisotopic (exact) mass is 335 g/mol. The Hall–Kier alpha value is -3.15. The van der Waals surface area contributed by atoms with Gasteiger partial charge in [0.25, 0.3) is 5.69 Å². The summed E-state index contributed by atoms with van der Waals surface area (Å²) in [6.45, 7) is 0. The fraction of sp³-hybridized carbons (Fsp3) is 0.211. The van der Waals surface area contributed by atoms with E-state index >= 15 is 0 Å². The molecular weight excluding hydrogens is 320 g/mol. The van der Waals surface area contributed by atoms with Crippen LogP contribution in [0.5, 0.6) is 0 Å². The van der Waals surface area contributed by atoms with Gasteiger partial charge < -0.3 is 15.2 Å². The number of anilines is 1. The Morgan fingerprint density at radius 1 is 1.12 bits per heavy atom. The molecule has 0 aromatic heterocycles. The second-order valence-corrected chi connectivity index (χ2v) is 6.35. The average Bonchev–Trinajstić information content (AvgIpc) is 3.10. The van der Waals surface area contributed by atoms with E-state index in [-0.39, 0.29) is 29.1 Å². The van der Waals surface area contributed by atoms with Crippen molar-refractivity contribution in [1.82, 2.24) is 0 Å². The second-order valence-electron chi connectivity index (χ2n) is 6.35. The summed E-state index contributed by atoms with van der Waals surface area (Å²) in [6, 6.07) is 11.4. The molecule has 1 aliphatic heterocycles. The summed E-state index contributed by atoms with van der Waals surface area (Å²) < 4.78 is 0. The van der Waals surface area contributed by atoms with Crippen molar-refractivity contribution in [2.45, 2.75) is 18.4 Å². The lowest BCUT2D eigenvalue weighted by molar-refractivity contribution is -0.385. The van der Waals surface area contributed by atoms with Crippen LogP contribution in [0, 0.1) is 16.0 Å². The van der Waals surface area contributed by atoms with Gasteiger partial charge in [-0.3, -0.25) is 10.1 Å². The molecule has 0 radical (unpaired) electrons. The largest absolute Gasteiger partial charge is 0.545 e. The number of carboxylic acid groups (broad SMARTS) is 1. The predicted molar refractivity (Wildman–Crippen MR) is 90.2 cm³/mol. The van der Waals surface area contributed by atoms with Gasteiger partial charge in [0.2, 0.25) is 0 Å². The minimum atomic E-state index is -1.26. The summed E-state index contributed by atoms with van der Waals surface area (Å²) in [6.07, 6.45) is 4.90. The van der Waals surface area contributed by atoms with Gasteiger partial charge in [-0.25, -0.2) is 0 Å². The van der Waals surface area contributed by atoms with E-state index in [1.807, 2.05) is 6.07 Å². The summed E-state index contributed by atoms with van der Waals surface area (Å²) in [5.74, 6) is -1.13. The van der Waals surface area contributed by atoms with Crippen LogP contribution in [0.25, 0.3) is 0 Å². The van der Waals surface area contributed by atoms with Crippen LogP contribution in [0.3, 0.4) is 0 Å². The number of aromatic carboxylic acids is 1. The molecule has 0 spiro atoms. The lowest BCUT2D eigenvalue weighted by atomic mass is 9.76. The van der Waals surface area contributed by atoms with E-state index in [0.29, 0.717) is 11.3 Å². The maximum absolute atomic E-state index is 11.5. The molecular formula is C19H15N2O4-. The lowest BCUT2D eigenvalue weighted by Gasteiger charge is -2.38. The Kier molecular flexibility index (Phi) is 3.53. The number of hydrogen-bond donors (Lipinski definition) is 1. The fourth-order valence-electron chi connectivity index (χ4n) is 4.02. The molecule has 2 aromatic rings. The van der Waals surface area contributed by atoms with Crippen molar-refractivity contribution in [2.75, 3.05) is 5.32 Å². The number of carboxylic acids is 1. The van der Waals surface area contributed by atoms with Crippen molar-refractivity contribution < 1.29 is 14.8 Å². The zero-order chi connectivity index (χ0) is 17.6. The number of nitro groups is 1. The van der Waals surface area contributed by atoms with Crippen LogP contribution in [-0.2, 0) is 0 Å². The van der Waals surface area contributed by atoms with Gasteiger partial charge in [-0.05, 0) is 17.9 Å². The standard InChI is InChI=1S/C19H16N2O4/c22-19(23)15-9-4-8-13-11-6-3-7-12(11)17(20-18(13)15)14-5-1-2-10-16(14)21(24)25/h1-6,8-12,17,20H,7H2,(H,22,23)/p-1. The van der Waals surface area contributed by atoms with E-state index in [9.17, 15) is 20.0 Å². The summed E-state index contributed by atoms with van der Waals surface area (Å²) in [7, 11) is 0. The number of carbonyl (C=O) groups is 1. The van der Waals surface area contributed by atoms with Gasteiger partial charge in [0.05, 0.1) is 22.5 Å². The molecule has 1 N–H and O–H groups in total. The van der Waals surface area contributed by atoms with E-state index in [0.717, 1.165) is 12.0 Å². The van der Waals surface area contributed by atoms with E-state index in [1.54, 1.807) is 24.3 Å². The van der Waals surface area contributed by atoms with Crippen molar-refractivity contribution in [2.24, 2.45) is 5.92 Å². The summed E-state index contributed by atoms with van der Waals surface area (Å²) in [5.41, 5.74) is 2.10. The predicted octanol–water partition coefficient (Wildman–Crippen LogP) is 2.78. The van der Waals surface area contributed by atoms with Crippen LogP contribution in [0.15, 0.2) is 54.6 Å². The maximum atomic E-state index is 11.5. The number of benzene rings is 2. The minimum absolute atomic E-state index is 0.0281. The molecule has 0 fully saturated rings. The number of allylic oxidation sites excluding steroid dienone is 2. The molecule has 6 heteroatoms. The van der Waals surface area contributed by atoms with Gasteiger partial charge in [0.15, 0.2) is 0 Å². The molecule has 4 rings (SSSR count). The summed E-state index contributed by atoms with van der Waals surface area (Å²) in [5, 5.41) is 26.2. The molecule has 2 aliphatic rings. The molecule has 1 heterocycles. The van der Waals surface area contributed by atoms with Crippen molar-refractivity contribution in [1.29, 1.82) is 0 Å². The molecule has 0 saturated heterocycles. The van der Waals surface area contributed by atoms with Crippen LogP contribution in [0.2, 0.25) is 0 Å². The Bertz CT molecular complexity index is 906. The number of fused-ring (bicyclic) bond motifs is 3. The highest BCUT2D eigenvalue weighted by Gasteiger charge is 2.40. The number of para-hydroxylation sites is 2. The molecule has 2 aromatic carbocycles. The average molecular weight is 335 g/mol. The van der Waals surface area contributed by atoms with Gasteiger partial charge >= 0.3 is 0 Å². The SMILES string of the molecule is O=C([O-])c1cccc2c1NC(c1ccccc1[N+](=O)[O-])C1CC=CC21. The third kappa shape index (κ3) is 2.38. The highest BCUT2D eigenvalue weighted by atomic mass is 16.6. The van der Waals surface area contributed by atoms with Gasteiger partial charge in [-0.1, -0.05) is 48.6 Å². The first-order valence-corrected chi connectivity index (χ1v) is 8.08. The zero-order valence-corrected chi connectivity index (χ0v) is 13.2. The zero-order valence-electron chi connectivity index (χ0n) is 13.2. The van der Waals surface area contributed by atoms with Gasteiger partial charge in [-0.15, -0.1) is 0 Å². The molecule has 6 nitrogen and oxygen atoms in total. The lowest BCUT2D eigenvalue weighted by Crippen LogP contribution is -2.32. The topological polar surface area (TPSA) is 95.3 Å². The first kappa shape index (κ1) is 15.4. The Balaban J connectivity index is 1.88. The van der Waals surface area contributed by atoms with E-state index < -0.39 is 10.9 Å². The van der Waals surface area contributed by atoms with Gasteiger partial charge in [0, 0.05) is 23.2 Å². The van der Waals surface area contributed by atoms with Crippen LogP contribution in [-0.4, -0.2) is 10.9 Å². The Morgan fingerprint density at radius 2 is 1.88 bits per heavy atom. The van der Waals surface area contributed by atoms with Gasteiger partial charge in [0.1, 0.15) is 0 Å². The summed E-state index contributed by atoms with van der Waals surface area (Å²) >= 11 is 0. The van der Waals surface area contributed by atoms with E-state index in [1.165, 1.54) is 12.1 Å². The Morgan fingerprint density at radius 3 is 2.64 bits per heavy atom. The molecule has 25 heavy (non-hydrogen) atoms. The van der Waals surface area contributed by atoms with Gasteiger partial charge in [-0.2, -0.15) is 0 Å². The third-order valence-corrected chi connectivity index (χ3v) is 5.09. The Labute approximate surface area is 144 Å². The highest BCUT2D eigenvalue weighted by molar-refractivity contribution is 5.94. The van der Waals surface area contributed by atoms with Crippen molar-refractivity contribution in [3.8, 4) is 0 Å². The van der Waals surface area contributed by atoms with Crippen LogP contribution >= 0.6 is 0 Å². The van der Waals surface area contributed by atoms with Crippen LogP contribution in [0.4, 0.5) is 11.4 Å². The normalized spacial score (nSPS) is 23.4. The van der Waals surface area contributed by atoms with Crippen LogP contribution in [0.1, 0.15) is 39.9 Å². The number of nitrogens with zero attached hydrogens (tertiary/aromatic N) is 1. The number of nitrogens with one attached hydrogen (secondary N) is 1. The molecule has 3 atom stereocenters. The smallest absolute Gasteiger partial charge is 0.274 e. The first-order chi connectivity index (χ1) is 12.1. The second kappa shape index (κ2) is 5.73. The molecule has 0 amide bonds. The quantitative estimate of drug-likeness (QED) is 0.529. The highest BCUT2D eigenvalue weighted by Crippen LogP contribution is 2.51. The van der Waals surface area contributed by atoms with E-state index in [4.69, 9.17) is 0 Å². The third-order valence-electron chi connectivity index (χ3n) is 5.09. The number of carbonyl (C=O) groups excluding carboxylic acids is 1. The number of nitro benzene ring substituents is 1. The van der Waals surface area contributed by atoms with Crippen LogP contribution < -0.4 is 10.4 Å². The summed E-state index contributed by atoms with van der Waals surface area (Å²) in [4.78, 5) is 22.5. The fourth-order valence-corrected chi connectivity index (χ4v) is 4.02. The maximum Gasteiger partial charge on any atom is 0.274 e. The minimum Gasteiger partial charge on any atom is -0.545 e. The molecule has 126 valence electrons. The van der Waals surface area contributed by atoms with E-state index in [2.05, 4.69) is 17.5 Å². The number of rotatable bonds is 3. The molecule has 0 saturated carbocycles. The van der Waals surface area contributed by atoms with Crippen molar-refractivity contribution >= 4 is 17.3 Å². The van der Waals surface area contributed by atoms with Crippen molar-refractivity contribution in [3.05, 3.63) is 81.4 Å². The van der Waals surface area contributed by atoms with Crippen molar-refractivity contribution in [3.63, 3.8) is 0 Å². The first-order valence-electron chi connectivity index (χ1n) is 8.08. The number of hydrogen-bond acceptors (Lipinski definition) is 5. The molecule has 1 aliphatic carbocycles. The molecule has 0 bridgehead atoms. The molecule has 3 unspecified atom stereocenters.